The van der Waals surface area contributed by atoms with Crippen LogP contribution >= 0.6 is 22.6 Å². The molecule has 0 saturated heterocycles. The van der Waals surface area contributed by atoms with Gasteiger partial charge in [0.05, 0.1) is 14.2 Å². The summed E-state index contributed by atoms with van der Waals surface area (Å²) in [5.74, 6) is 2.21. The normalized spacial score (nSPS) is 10.3. The first-order valence-electron chi connectivity index (χ1n) is 4.81. The Bertz CT molecular complexity index is 517. The summed E-state index contributed by atoms with van der Waals surface area (Å²) in [6, 6.07) is 5.49. The quantitative estimate of drug-likeness (QED) is 0.865. The Labute approximate surface area is 112 Å². The van der Waals surface area contributed by atoms with Gasteiger partial charge in [-0.15, -0.1) is 0 Å². The van der Waals surface area contributed by atoms with Gasteiger partial charge in [-0.05, 0) is 34.7 Å². The molecule has 0 spiro atoms. The van der Waals surface area contributed by atoms with Crippen LogP contribution in [0.25, 0.3) is 11.3 Å². The highest BCUT2D eigenvalue weighted by atomic mass is 127. The number of anilines is 1. The van der Waals surface area contributed by atoms with E-state index in [0.717, 1.165) is 3.57 Å². The van der Waals surface area contributed by atoms with Crippen molar-refractivity contribution in [2.75, 3.05) is 20.0 Å². The summed E-state index contributed by atoms with van der Waals surface area (Å²) >= 11 is 2.08. The molecular weight excluding hydrogens is 335 g/mol. The lowest BCUT2D eigenvalue weighted by molar-refractivity contribution is 0.387. The summed E-state index contributed by atoms with van der Waals surface area (Å²) in [5, 5.41) is 3.73. The molecule has 5 nitrogen and oxygen atoms in total. The second-order valence-electron chi connectivity index (χ2n) is 3.25. The van der Waals surface area contributed by atoms with Crippen LogP contribution in [-0.2, 0) is 0 Å². The third-order valence-electron chi connectivity index (χ3n) is 2.31. The van der Waals surface area contributed by atoms with Gasteiger partial charge in [-0.2, -0.15) is 0 Å². The van der Waals surface area contributed by atoms with Crippen LogP contribution in [0.4, 0.5) is 5.82 Å². The summed E-state index contributed by atoms with van der Waals surface area (Å²) in [7, 11) is 3.18. The van der Waals surface area contributed by atoms with Gasteiger partial charge in [0.25, 0.3) is 0 Å². The van der Waals surface area contributed by atoms with E-state index in [9.17, 15) is 0 Å². The van der Waals surface area contributed by atoms with Crippen LogP contribution in [-0.4, -0.2) is 19.4 Å². The highest BCUT2D eigenvalue weighted by molar-refractivity contribution is 14.1. The van der Waals surface area contributed by atoms with Crippen LogP contribution in [0.1, 0.15) is 0 Å². The molecule has 2 aromatic rings. The summed E-state index contributed by atoms with van der Waals surface area (Å²) in [4.78, 5) is 0. The molecule has 0 aliphatic rings. The van der Waals surface area contributed by atoms with Crippen LogP contribution in [0.2, 0.25) is 0 Å². The van der Waals surface area contributed by atoms with E-state index in [1.165, 1.54) is 0 Å². The third kappa shape index (κ3) is 2.04. The fourth-order valence-electron chi connectivity index (χ4n) is 1.52. The SMILES string of the molecule is COc1cccc(OC)c1-c1onc(N)c1I. The smallest absolute Gasteiger partial charge is 0.189 e. The lowest BCUT2D eigenvalue weighted by Gasteiger charge is -2.10. The summed E-state index contributed by atoms with van der Waals surface area (Å²) in [6.45, 7) is 0. The number of hydrogen-bond acceptors (Lipinski definition) is 5. The molecule has 0 atom stereocenters. The number of rotatable bonds is 3. The highest BCUT2D eigenvalue weighted by Gasteiger charge is 2.21. The number of nitrogens with two attached hydrogens (primary N) is 1. The van der Waals surface area contributed by atoms with Crippen LogP contribution in [0.15, 0.2) is 22.7 Å². The first kappa shape index (κ1) is 12.0. The van der Waals surface area contributed by atoms with Crippen molar-refractivity contribution < 1.29 is 14.0 Å². The molecule has 0 bridgehead atoms. The number of benzene rings is 1. The predicted octanol–water partition coefficient (Wildman–Crippen LogP) is 2.55. The van der Waals surface area contributed by atoms with E-state index >= 15 is 0 Å². The van der Waals surface area contributed by atoms with Gasteiger partial charge in [-0.3, -0.25) is 0 Å². The third-order valence-corrected chi connectivity index (χ3v) is 3.36. The minimum atomic E-state index is 0.355. The van der Waals surface area contributed by atoms with Crippen molar-refractivity contribution in [2.45, 2.75) is 0 Å². The van der Waals surface area contributed by atoms with Crippen molar-refractivity contribution in [3.8, 4) is 22.8 Å². The lowest BCUT2D eigenvalue weighted by atomic mass is 10.1. The van der Waals surface area contributed by atoms with Crippen molar-refractivity contribution in [3.05, 3.63) is 21.8 Å². The van der Waals surface area contributed by atoms with E-state index in [2.05, 4.69) is 27.7 Å². The summed E-state index contributed by atoms with van der Waals surface area (Å²) in [5.41, 5.74) is 6.38. The van der Waals surface area contributed by atoms with Crippen LogP contribution < -0.4 is 15.2 Å². The topological polar surface area (TPSA) is 70.5 Å². The molecule has 0 aliphatic heterocycles. The Morgan fingerprint density at radius 3 is 2.24 bits per heavy atom. The van der Waals surface area contributed by atoms with Gasteiger partial charge < -0.3 is 19.7 Å². The number of nitrogen functional groups attached to an aromatic ring is 1. The zero-order chi connectivity index (χ0) is 12.4. The lowest BCUT2D eigenvalue weighted by Crippen LogP contribution is -1.93. The van der Waals surface area contributed by atoms with Gasteiger partial charge in [-0.25, -0.2) is 0 Å². The van der Waals surface area contributed by atoms with Crippen molar-refractivity contribution in [1.82, 2.24) is 5.16 Å². The molecular formula is C11H11IN2O3. The van der Waals surface area contributed by atoms with E-state index in [-0.39, 0.29) is 0 Å². The van der Waals surface area contributed by atoms with Crippen LogP contribution in [0.5, 0.6) is 11.5 Å². The Hall–Kier alpha value is -1.44. The first-order chi connectivity index (χ1) is 8.19. The fourth-order valence-corrected chi connectivity index (χ4v) is 1.99. The Morgan fingerprint density at radius 1 is 1.24 bits per heavy atom. The second kappa shape index (κ2) is 4.82. The Balaban J connectivity index is 2.68. The number of ether oxygens (including phenoxy) is 2. The zero-order valence-electron chi connectivity index (χ0n) is 9.36. The minimum absolute atomic E-state index is 0.355. The maximum Gasteiger partial charge on any atom is 0.189 e. The number of methoxy groups -OCH3 is 2. The zero-order valence-corrected chi connectivity index (χ0v) is 11.5. The average Bonchev–Trinajstić information content (AvgIpc) is 2.69. The highest BCUT2D eigenvalue weighted by Crippen LogP contribution is 2.41. The van der Waals surface area contributed by atoms with Gasteiger partial charge >= 0.3 is 0 Å². The monoisotopic (exact) mass is 346 g/mol. The molecule has 1 aromatic heterocycles. The largest absolute Gasteiger partial charge is 0.496 e. The molecule has 1 aromatic carbocycles. The van der Waals surface area contributed by atoms with E-state index in [1.54, 1.807) is 14.2 Å². The summed E-state index contributed by atoms with van der Waals surface area (Å²) < 4.78 is 16.6. The molecule has 0 fully saturated rings. The summed E-state index contributed by atoms with van der Waals surface area (Å²) in [6.07, 6.45) is 0. The number of aromatic nitrogens is 1. The molecule has 0 amide bonds. The molecule has 1 heterocycles. The molecule has 0 radical (unpaired) electrons. The minimum Gasteiger partial charge on any atom is -0.496 e. The van der Waals surface area contributed by atoms with Gasteiger partial charge in [0, 0.05) is 0 Å². The van der Waals surface area contributed by atoms with Gasteiger partial charge in [0.15, 0.2) is 11.6 Å². The van der Waals surface area contributed by atoms with E-state index in [1.807, 2.05) is 18.2 Å². The molecule has 2 N–H and O–H groups in total. The Morgan fingerprint density at radius 2 is 1.82 bits per heavy atom. The van der Waals surface area contributed by atoms with Gasteiger partial charge in [0.2, 0.25) is 0 Å². The van der Waals surface area contributed by atoms with Crippen molar-refractivity contribution in [1.29, 1.82) is 0 Å². The molecule has 0 unspecified atom stereocenters. The van der Waals surface area contributed by atoms with Crippen LogP contribution in [0.3, 0.4) is 0 Å². The van der Waals surface area contributed by atoms with E-state index in [4.69, 9.17) is 19.7 Å². The van der Waals surface area contributed by atoms with Gasteiger partial charge in [-0.1, -0.05) is 11.2 Å². The van der Waals surface area contributed by atoms with E-state index < -0.39 is 0 Å². The maximum absolute atomic E-state index is 5.67. The predicted molar refractivity (Wildman–Crippen MR) is 72.2 cm³/mol. The number of halogens is 1. The standard InChI is InChI=1S/C11H11IN2O3/c1-15-6-4-3-5-7(16-2)8(6)10-9(12)11(13)14-17-10/h3-5H,1-2H3,(H2,13,14). The van der Waals surface area contributed by atoms with E-state index in [0.29, 0.717) is 28.6 Å². The average molecular weight is 346 g/mol. The van der Waals surface area contributed by atoms with Crippen molar-refractivity contribution in [2.24, 2.45) is 0 Å². The molecule has 2 rings (SSSR count). The van der Waals surface area contributed by atoms with Crippen LogP contribution in [0, 0.1) is 3.57 Å². The molecule has 0 aliphatic carbocycles. The van der Waals surface area contributed by atoms with Crippen molar-refractivity contribution in [3.63, 3.8) is 0 Å². The molecule has 6 heteroatoms. The first-order valence-corrected chi connectivity index (χ1v) is 5.89. The molecule has 0 saturated carbocycles. The fraction of sp³-hybridized carbons (Fsp3) is 0.182. The number of nitrogens with zero attached hydrogens (tertiary/aromatic N) is 1. The Kier molecular flexibility index (Phi) is 3.41. The molecule has 17 heavy (non-hydrogen) atoms. The second-order valence-corrected chi connectivity index (χ2v) is 4.33. The van der Waals surface area contributed by atoms with Crippen molar-refractivity contribution >= 4 is 28.4 Å². The number of hydrogen-bond donors (Lipinski definition) is 1. The maximum atomic E-state index is 5.67. The van der Waals surface area contributed by atoms with Gasteiger partial charge in [0.1, 0.15) is 20.6 Å². The molecule has 90 valence electrons.